The van der Waals surface area contributed by atoms with Crippen LogP contribution in [0, 0.1) is 5.92 Å². The minimum absolute atomic E-state index is 0.587. The fourth-order valence-corrected chi connectivity index (χ4v) is 3.78. The molecule has 2 aromatic rings. The Hall–Kier alpha value is -0.540. The molecule has 0 spiro atoms. The van der Waals surface area contributed by atoms with Crippen molar-refractivity contribution in [2.24, 2.45) is 5.92 Å². The molecular weight excluding hydrogens is 324 g/mol. The van der Waals surface area contributed by atoms with Gasteiger partial charge in [-0.3, -0.25) is 0 Å². The molecule has 1 aliphatic carbocycles. The molecule has 2 atom stereocenters. The maximum atomic E-state index is 5.95. The van der Waals surface area contributed by atoms with E-state index in [1.807, 2.05) is 0 Å². The SMILES string of the molecule is CC1CCCC1n1c(CCCl)nc2cc(Br)ccc21. The maximum Gasteiger partial charge on any atom is 0.111 e. The lowest BCUT2D eigenvalue weighted by atomic mass is 10.1. The third-order valence-corrected chi connectivity index (χ3v) is 4.87. The summed E-state index contributed by atoms with van der Waals surface area (Å²) in [4.78, 5) is 4.79. The van der Waals surface area contributed by atoms with Gasteiger partial charge in [0.2, 0.25) is 0 Å². The van der Waals surface area contributed by atoms with E-state index < -0.39 is 0 Å². The van der Waals surface area contributed by atoms with Gasteiger partial charge in [0.25, 0.3) is 0 Å². The summed E-state index contributed by atoms with van der Waals surface area (Å²) in [6.07, 6.45) is 4.75. The molecule has 0 N–H and O–H groups in total. The Balaban J connectivity index is 2.16. The summed E-state index contributed by atoms with van der Waals surface area (Å²) in [5, 5.41) is 0. The van der Waals surface area contributed by atoms with Crippen LogP contribution >= 0.6 is 27.5 Å². The lowest BCUT2D eigenvalue weighted by molar-refractivity contribution is 0.406. The highest BCUT2D eigenvalue weighted by atomic mass is 79.9. The topological polar surface area (TPSA) is 17.8 Å². The number of fused-ring (bicyclic) bond motifs is 1. The Bertz CT molecular complexity index is 593. The molecule has 1 saturated carbocycles. The van der Waals surface area contributed by atoms with Crippen molar-refractivity contribution in [1.29, 1.82) is 0 Å². The van der Waals surface area contributed by atoms with Crippen molar-refractivity contribution in [1.82, 2.24) is 9.55 Å². The molecule has 102 valence electrons. The predicted molar refractivity (Wildman–Crippen MR) is 83.9 cm³/mol. The Kier molecular flexibility index (Phi) is 3.86. The van der Waals surface area contributed by atoms with E-state index in [9.17, 15) is 0 Å². The van der Waals surface area contributed by atoms with Crippen LogP contribution in [0.1, 0.15) is 38.1 Å². The zero-order valence-electron chi connectivity index (χ0n) is 11.1. The second-order valence-corrected chi connectivity index (χ2v) is 6.74. The van der Waals surface area contributed by atoms with E-state index >= 15 is 0 Å². The summed E-state index contributed by atoms with van der Waals surface area (Å²) in [5.41, 5.74) is 2.33. The molecule has 0 radical (unpaired) electrons. The van der Waals surface area contributed by atoms with Gasteiger partial charge in [-0.05, 0) is 37.0 Å². The van der Waals surface area contributed by atoms with Crippen LogP contribution in [0.15, 0.2) is 22.7 Å². The molecule has 4 heteroatoms. The number of aryl methyl sites for hydroxylation is 1. The van der Waals surface area contributed by atoms with E-state index in [2.05, 4.69) is 45.6 Å². The summed E-state index contributed by atoms with van der Waals surface area (Å²) in [6, 6.07) is 6.97. The van der Waals surface area contributed by atoms with Crippen molar-refractivity contribution in [3.05, 3.63) is 28.5 Å². The molecule has 2 unspecified atom stereocenters. The molecule has 1 aromatic carbocycles. The van der Waals surface area contributed by atoms with Crippen LogP contribution in [0.4, 0.5) is 0 Å². The second kappa shape index (κ2) is 5.45. The molecule has 3 rings (SSSR count). The first kappa shape index (κ1) is 13.4. The van der Waals surface area contributed by atoms with Crippen LogP contribution in [-0.2, 0) is 6.42 Å². The molecule has 0 amide bonds. The number of hydrogen-bond acceptors (Lipinski definition) is 1. The number of imidazole rings is 1. The zero-order chi connectivity index (χ0) is 13.4. The number of hydrogen-bond donors (Lipinski definition) is 0. The average molecular weight is 342 g/mol. The third kappa shape index (κ3) is 2.43. The van der Waals surface area contributed by atoms with Gasteiger partial charge in [0.05, 0.1) is 11.0 Å². The smallest absolute Gasteiger partial charge is 0.111 e. The molecular formula is C15H18BrClN2. The van der Waals surface area contributed by atoms with Crippen molar-refractivity contribution in [3.63, 3.8) is 0 Å². The van der Waals surface area contributed by atoms with Crippen molar-refractivity contribution in [2.75, 3.05) is 5.88 Å². The molecule has 1 heterocycles. The van der Waals surface area contributed by atoms with Crippen molar-refractivity contribution in [3.8, 4) is 0 Å². The number of benzene rings is 1. The molecule has 0 saturated heterocycles. The number of nitrogens with zero attached hydrogens (tertiary/aromatic N) is 2. The number of alkyl halides is 1. The van der Waals surface area contributed by atoms with Crippen molar-refractivity contribution >= 4 is 38.6 Å². The average Bonchev–Trinajstić information content (AvgIpc) is 2.92. The number of halogens is 2. The van der Waals surface area contributed by atoms with Crippen LogP contribution in [0.5, 0.6) is 0 Å². The van der Waals surface area contributed by atoms with E-state index in [1.54, 1.807) is 0 Å². The summed E-state index contributed by atoms with van der Waals surface area (Å²) in [7, 11) is 0. The highest BCUT2D eigenvalue weighted by Crippen LogP contribution is 2.38. The largest absolute Gasteiger partial charge is 0.325 e. The summed E-state index contributed by atoms with van der Waals surface area (Å²) < 4.78 is 3.53. The van der Waals surface area contributed by atoms with Crippen molar-refractivity contribution < 1.29 is 0 Å². The van der Waals surface area contributed by atoms with E-state index in [0.29, 0.717) is 11.9 Å². The summed E-state index contributed by atoms with van der Waals surface area (Å²) >= 11 is 9.47. The van der Waals surface area contributed by atoms with E-state index in [4.69, 9.17) is 16.6 Å². The molecule has 0 aliphatic heterocycles. The van der Waals surface area contributed by atoms with Gasteiger partial charge in [0.15, 0.2) is 0 Å². The second-order valence-electron chi connectivity index (χ2n) is 5.45. The quantitative estimate of drug-likeness (QED) is 0.723. The highest BCUT2D eigenvalue weighted by Gasteiger charge is 2.28. The summed E-state index contributed by atoms with van der Waals surface area (Å²) in [5.74, 6) is 2.50. The molecule has 0 bridgehead atoms. The molecule has 19 heavy (non-hydrogen) atoms. The van der Waals surface area contributed by atoms with E-state index in [-0.39, 0.29) is 0 Å². The maximum absolute atomic E-state index is 5.95. The zero-order valence-corrected chi connectivity index (χ0v) is 13.4. The minimum atomic E-state index is 0.587. The molecule has 2 nitrogen and oxygen atoms in total. The Labute approximate surface area is 127 Å². The van der Waals surface area contributed by atoms with Gasteiger partial charge in [-0.1, -0.05) is 29.3 Å². The molecule has 1 fully saturated rings. The van der Waals surface area contributed by atoms with Gasteiger partial charge in [-0.25, -0.2) is 4.98 Å². The predicted octanol–water partition coefficient (Wildman–Crippen LogP) is 4.94. The number of rotatable bonds is 3. The van der Waals surface area contributed by atoms with Crippen LogP contribution in [0.3, 0.4) is 0 Å². The first-order chi connectivity index (χ1) is 9.20. The number of aromatic nitrogens is 2. The van der Waals surface area contributed by atoms with Crippen LogP contribution in [0.25, 0.3) is 11.0 Å². The van der Waals surface area contributed by atoms with Crippen molar-refractivity contribution in [2.45, 2.75) is 38.6 Å². The van der Waals surface area contributed by atoms with Gasteiger partial charge >= 0.3 is 0 Å². The lowest BCUT2D eigenvalue weighted by Crippen LogP contribution is -2.15. The van der Waals surface area contributed by atoms with Gasteiger partial charge in [-0.2, -0.15) is 0 Å². The normalized spacial score (nSPS) is 23.3. The van der Waals surface area contributed by atoms with E-state index in [0.717, 1.165) is 28.2 Å². The highest BCUT2D eigenvalue weighted by molar-refractivity contribution is 9.10. The first-order valence-electron chi connectivity index (χ1n) is 6.93. The van der Waals surface area contributed by atoms with Gasteiger partial charge < -0.3 is 4.57 Å². The Morgan fingerprint density at radius 3 is 2.95 bits per heavy atom. The molecule has 1 aliphatic rings. The van der Waals surface area contributed by atoms with Gasteiger partial charge in [-0.15, -0.1) is 11.6 Å². The Morgan fingerprint density at radius 2 is 2.26 bits per heavy atom. The minimum Gasteiger partial charge on any atom is -0.325 e. The van der Waals surface area contributed by atoms with E-state index in [1.165, 1.54) is 24.8 Å². The monoisotopic (exact) mass is 340 g/mol. The fourth-order valence-electron chi connectivity index (χ4n) is 3.26. The Morgan fingerprint density at radius 1 is 1.42 bits per heavy atom. The fraction of sp³-hybridized carbons (Fsp3) is 0.533. The summed E-state index contributed by atoms with van der Waals surface area (Å²) in [6.45, 7) is 2.35. The van der Waals surface area contributed by atoms with Gasteiger partial charge in [0.1, 0.15) is 5.82 Å². The molecule has 1 aromatic heterocycles. The third-order valence-electron chi connectivity index (χ3n) is 4.19. The van der Waals surface area contributed by atoms with Crippen LogP contribution < -0.4 is 0 Å². The standard InChI is InChI=1S/C15H18BrClN2/c1-10-3-2-4-13(10)19-14-6-5-11(16)9-12(14)18-15(19)7-8-17/h5-6,9-10,13H,2-4,7-8H2,1H3. The van der Waals surface area contributed by atoms with Crippen LogP contribution in [-0.4, -0.2) is 15.4 Å². The first-order valence-corrected chi connectivity index (χ1v) is 8.26. The van der Waals surface area contributed by atoms with Gasteiger partial charge in [0, 0.05) is 22.8 Å². The van der Waals surface area contributed by atoms with Crippen LogP contribution in [0.2, 0.25) is 0 Å². The lowest BCUT2D eigenvalue weighted by Gasteiger charge is -2.21.